The lowest BCUT2D eigenvalue weighted by molar-refractivity contribution is -0.141. The second kappa shape index (κ2) is 9.48. The van der Waals surface area contributed by atoms with E-state index in [1.165, 1.54) is 18.0 Å². The summed E-state index contributed by atoms with van der Waals surface area (Å²) in [7, 11) is 0. The number of hydrogen-bond acceptors (Lipinski definition) is 6. The van der Waals surface area contributed by atoms with Crippen LogP contribution >= 0.6 is 11.8 Å². The predicted molar refractivity (Wildman–Crippen MR) is 88.9 cm³/mol. The molecule has 3 N–H and O–H groups in total. The Bertz CT molecular complexity index is 623. The summed E-state index contributed by atoms with van der Waals surface area (Å²) in [6.07, 6.45) is 4.99. The van der Waals surface area contributed by atoms with E-state index in [1.807, 2.05) is 19.2 Å². The SMILES string of the molecule is CSCCC(NC(=O)/C(C#N)=C\Nc1ccc(C)cn1)C(=O)O. The van der Waals surface area contributed by atoms with Crippen LogP contribution in [-0.4, -0.2) is 40.0 Å². The van der Waals surface area contributed by atoms with Gasteiger partial charge in [-0.3, -0.25) is 4.79 Å². The van der Waals surface area contributed by atoms with E-state index >= 15 is 0 Å². The highest BCUT2D eigenvalue weighted by molar-refractivity contribution is 7.98. The number of thioether (sulfide) groups is 1. The summed E-state index contributed by atoms with van der Waals surface area (Å²) >= 11 is 1.48. The maximum atomic E-state index is 12.0. The fourth-order valence-corrected chi connectivity index (χ4v) is 2.05. The number of carboxylic acids is 1. The summed E-state index contributed by atoms with van der Waals surface area (Å²) in [4.78, 5) is 27.2. The lowest BCUT2D eigenvalue weighted by Crippen LogP contribution is -2.41. The summed E-state index contributed by atoms with van der Waals surface area (Å²) in [6.45, 7) is 1.89. The minimum absolute atomic E-state index is 0.220. The number of carboxylic acid groups (broad SMARTS) is 1. The van der Waals surface area contributed by atoms with Crippen molar-refractivity contribution in [2.24, 2.45) is 0 Å². The van der Waals surface area contributed by atoms with E-state index in [9.17, 15) is 9.59 Å². The topological polar surface area (TPSA) is 115 Å². The molecule has 1 atom stereocenters. The third-order valence-corrected chi connectivity index (χ3v) is 3.50. The summed E-state index contributed by atoms with van der Waals surface area (Å²) in [5.41, 5.74) is 0.763. The number of nitrogens with one attached hydrogen (secondary N) is 2. The second-order valence-corrected chi connectivity index (χ2v) is 5.67. The van der Waals surface area contributed by atoms with E-state index in [4.69, 9.17) is 10.4 Å². The molecule has 1 unspecified atom stereocenters. The number of carbonyl (C=O) groups is 2. The van der Waals surface area contributed by atoms with E-state index in [2.05, 4.69) is 15.6 Å². The van der Waals surface area contributed by atoms with Gasteiger partial charge in [-0.05, 0) is 37.0 Å². The lowest BCUT2D eigenvalue weighted by atomic mass is 10.2. The third-order valence-electron chi connectivity index (χ3n) is 2.85. The van der Waals surface area contributed by atoms with Crippen molar-refractivity contribution in [2.45, 2.75) is 19.4 Å². The van der Waals surface area contributed by atoms with Crippen LogP contribution in [0.25, 0.3) is 0 Å². The van der Waals surface area contributed by atoms with Crippen molar-refractivity contribution in [1.29, 1.82) is 5.26 Å². The molecule has 0 saturated carbocycles. The zero-order valence-corrected chi connectivity index (χ0v) is 13.7. The Kier molecular flexibility index (Phi) is 7.63. The second-order valence-electron chi connectivity index (χ2n) is 4.68. The quantitative estimate of drug-likeness (QED) is 0.488. The van der Waals surface area contributed by atoms with Gasteiger partial charge in [-0.2, -0.15) is 17.0 Å². The fourth-order valence-electron chi connectivity index (χ4n) is 1.58. The average molecular weight is 334 g/mol. The molecule has 1 amide bonds. The number of rotatable bonds is 8. The molecule has 1 heterocycles. The molecule has 0 fully saturated rings. The highest BCUT2D eigenvalue weighted by Crippen LogP contribution is 2.06. The molecule has 0 bridgehead atoms. The Labute approximate surface area is 138 Å². The fraction of sp³-hybridized carbons (Fsp3) is 0.333. The molecule has 1 aromatic rings. The summed E-state index contributed by atoms with van der Waals surface area (Å²) in [5, 5.41) is 23.2. The average Bonchev–Trinajstić information content (AvgIpc) is 2.53. The minimum atomic E-state index is -1.13. The first-order valence-corrected chi connectivity index (χ1v) is 8.19. The molecule has 0 aliphatic rings. The Hall–Kier alpha value is -2.53. The van der Waals surface area contributed by atoms with Crippen molar-refractivity contribution in [3.8, 4) is 6.07 Å². The van der Waals surface area contributed by atoms with E-state index in [0.29, 0.717) is 11.6 Å². The Morgan fingerprint density at radius 2 is 2.26 bits per heavy atom. The maximum absolute atomic E-state index is 12.0. The molecule has 23 heavy (non-hydrogen) atoms. The number of pyridine rings is 1. The molecular weight excluding hydrogens is 316 g/mol. The van der Waals surface area contributed by atoms with E-state index < -0.39 is 17.9 Å². The van der Waals surface area contributed by atoms with Gasteiger partial charge in [-0.25, -0.2) is 9.78 Å². The zero-order chi connectivity index (χ0) is 17.2. The van der Waals surface area contributed by atoms with Crippen molar-refractivity contribution in [2.75, 3.05) is 17.3 Å². The number of anilines is 1. The van der Waals surface area contributed by atoms with Crippen molar-refractivity contribution >= 4 is 29.5 Å². The van der Waals surface area contributed by atoms with Crippen LogP contribution in [0.5, 0.6) is 0 Å². The van der Waals surface area contributed by atoms with E-state index in [1.54, 1.807) is 18.3 Å². The van der Waals surface area contributed by atoms with Gasteiger partial charge in [-0.1, -0.05) is 6.07 Å². The first-order chi connectivity index (χ1) is 11.0. The molecule has 0 aliphatic heterocycles. The molecular formula is C15H18N4O3S. The summed E-state index contributed by atoms with van der Waals surface area (Å²) < 4.78 is 0. The van der Waals surface area contributed by atoms with Gasteiger partial charge < -0.3 is 15.7 Å². The third kappa shape index (κ3) is 6.40. The highest BCUT2D eigenvalue weighted by atomic mass is 32.2. The van der Waals surface area contributed by atoms with Crippen LogP contribution in [0.15, 0.2) is 30.1 Å². The number of aliphatic carboxylic acids is 1. The molecule has 1 rings (SSSR count). The van der Waals surface area contributed by atoms with Gasteiger partial charge in [0.2, 0.25) is 0 Å². The van der Waals surface area contributed by atoms with Gasteiger partial charge in [0, 0.05) is 12.4 Å². The zero-order valence-electron chi connectivity index (χ0n) is 12.9. The van der Waals surface area contributed by atoms with Crippen LogP contribution in [0, 0.1) is 18.3 Å². The number of nitrogens with zero attached hydrogens (tertiary/aromatic N) is 2. The summed E-state index contributed by atoms with van der Waals surface area (Å²) in [5.74, 6) is -0.791. The standard InChI is InChI=1S/C15H18N4O3S/c1-10-3-4-13(17-8-10)18-9-11(7-16)14(20)19-12(15(21)22)5-6-23-2/h3-4,8-9,12H,5-6H2,1-2H3,(H,17,18)(H,19,20)(H,21,22)/b11-9-. The maximum Gasteiger partial charge on any atom is 0.326 e. The van der Waals surface area contributed by atoms with Crippen molar-refractivity contribution in [3.05, 3.63) is 35.7 Å². The molecule has 0 saturated heterocycles. The molecule has 0 aromatic carbocycles. The number of aryl methyl sites for hydroxylation is 1. The molecule has 0 radical (unpaired) electrons. The van der Waals surface area contributed by atoms with Crippen LogP contribution in [0.1, 0.15) is 12.0 Å². The molecule has 122 valence electrons. The van der Waals surface area contributed by atoms with Gasteiger partial charge in [-0.15, -0.1) is 0 Å². The van der Waals surface area contributed by atoms with Gasteiger partial charge >= 0.3 is 5.97 Å². The molecule has 7 nitrogen and oxygen atoms in total. The van der Waals surface area contributed by atoms with Crippen LogP contribution in [0.2, 0.25) is 0 Å². The van der Waals surface area contributed by atoms with Crippen LogP contribution in [-0.2, 0) is 9.59 Å². The van der Waals surface area contributed by atoms with E-state index in [-0.39, 0.29) is 12.0 Å². The first kappa shape index (κ1) is 18.5. The van der Waals surface area contributed by atoms with Crippen molar-refractivity contribution < 1.29 is 14.7 Å². The number of carbonyl (C=O) groups excluding carboxylic acids is 1. The Morgan fingerprint density at radius 3 is 2.78 bits per heavy atom. The normalized spacial score (nSPS) is 12.1. The first-order valence-electron chi connectivity index (χ1n) is 6.80. The number of amides is 1. The van der Waals surface area contributed by atoms with Crippen LogP contribution in [0.3, 0.4) is 0 Å². The van der Waals surface area contributed by atoms with Crippen LogP contribution in [0.4, 0.5) is 5.82 Å². The van der Waals surface area contributed by atoms with Gasteiger partial charge in [0.1, 0.15) is 23.5 Å². The Morgan fingerprint density at radius 1 is 1.52 bits per heavy atom. The van der Waals surface area contributed by atoms with Gasteiger partial charge in [0.15, 0.2) is 0 Å². The van der Waals surface area contributed by atoms with Crippen LogP contribution < -0.4 is 10.6 Å². The number of nitriles is 1. The molecule has 1 aromatic heterocycles. The van der Waals surface area contributed by atoms with Gasteiger partial charge in [0.05, 0.1) is 0 Å². The van der Waals surface area contributed by atoms with Crippen molar-refractivity contribution in [1.82, 2.24) is 10.3 Å². The lowest BCUT2D eigenvalue weighted by Gasteiger charge is -2.13. The number of hydrogen-bond donors (Lipinski definition) is 3. The highest BCUT2D eigenvalue weighted by Gasteiger charge is 2.21. The predicted octanol–water partition coefficient (Wildman–Crippen LogP) is 1.53. The van der Waals surface area contributed by atoms with Crippen molar-refractivity contribution in [3.63, 3.8) is 0 Å². The smallest absolute Gasteiger partial charge is 0.326 e. The molecule has 0 spiro atoms. The summed E-state index contributed by atoms with van der Waals surface area (Å²) in [6, 6.07) is 4.26. The molecule has 0 aliphatic carbocycles. The van der Waals surface area contributed by atoms with Gasteiger partial charge in [0.25, 0.3) is 5.91 Å². The monoisotopic (exact) mass is 334 g/mol. The largest absolute Gasteiger partial charge is 0.480 e. The number of aromatic nitrogens is 1. The minimum Gasteiger partial charge on any atom is -0.480 e. The Balaban J connectivity index is 2.73. The van der Waals surface area contributed by atoms with E-state index in [0.717, 1.165) is 5.56 Å². The molecule has 8 heteroatoms.